The first kappa shape index (κ1) is 24.5. The highest BCUT2D eigenvalue weighted by Gasteiger charge is 2.25. The molecule has 0 atom stereocenters. The summed E-state index contributed by atoms with van der Waals surface area (Å²) >= 11 is 0. The van der Waals surface area contributed by atoms with Crippen LogP contribution in [-0.2, 0) is 22.5 Å². The van der Waals surface area contributed by atoms with Crippen molar-refractivity contribution in [1.29, 1.82) is 0 Å². The average Bonchev–Trinajstić information content (AvgIpc) is 3.19. The number of benzene rings is 1. The molecule has 35 heavy (non-hydrogen) atoms. The molecule has 186 valence electrons. The number of pyridine rings is 1. The third-order valence-corrected chi connectivity index (χ3v) is 6.52. The van der Waals surface area contributed by atoms with Gasteiger partial charge in [-0.15, -0.1) is 0 Å². The molecule has 0 radical (unpaired) electrons. The molecule has 1 aliphatic heterocycles. The van der Waals surface area contributed by atoms with Crippen LogP contribution in [0.4, 0.5) is 4.79 Å². The summed E-state index contributed by atoms with van der Waals surface area (Å²) in [5, 5.41) is 8.69. The quantitative estimate of drug-likeness (QED) is 0.586. The van der Waals surface area contributed by atoms with Crippen LogP contribution in [0, 0.1) is 13.8 Å². The Bertz CT molecular complexity index is 1280. The van der Waals surface area contributed by atoms with Crippen molar-refractivity contribution in [3.63, 3.8) is 0 Å². The van der Waals surface area contributed by atoms with Crippen LogP contribution in [0.2, 0.25) is 0 Å². The molecule has 1 aliphatic rings. The van der Waals surface area contributed by atoms with Crippen molar-refractivity contribution in [3.8, 4) is 5.69 Å². The minimum Gasteiger partial charge on any atom is -0.450 e. The zero-order chi connectivity index (χ0) is 25.1. The molecule has 2 amide bonds. The van der Waals surface area contributed by atoms with Crippen molar-refractivity contribution in [2.24, 2.45) is 0 Å². The van der Waals surface area contributed by atoms with Gasteiger partial charge in [-0.05, 0) is 57.7 Å². The van der Waals surface area contributed by atoms with E-state index in [4.69, 9.17) is 9.84 Å². The number of aromatic nitrogens is 3. The fraction of sp³-hybridized carbons (Fsp3) is 0.462. The van der Waals surface area contributed by atoms with Crippen LogP contribution < -0.4 is 10.9 Å². The first-order valence-electron chi connectivity index (χ1n) is 12.2. The van der Waals surface area contributed by atoms with Gasteiger partial charge in [0.1, 0.15) is 12.2 Å². The summed E-state index contributed by atoms with van der Waals surface area (Å²) in [5.41, 5.74) is 4.10. The number of hydrogen-bond donors (Lipinski definition) is 1. The number of aryl methyl sites for hydroxylation is 3. The first-order valence-corrected chi connectivity index (χ1v) is 12.2. The van der Waals surface area contributed by atoms with E-state index in [0.29, 0.717) is 44.6 Å². The highest BCUT2D eigenvalue weighted by molar-refractivity contribution is 5.86. The number of rotatable bonds is 6. The van der Waals surface area contributed by atoms with Crippen molar-refractivity contribution in [2.75, 3.05) is 19.7 Å². The zero-order valence-corrected chi connectivity index (χ0v) is 20.8. The lowest BCUT2D eigenvalue weighted by molar-refractivity contribution is -0.122. The summed E-state index contributed by atoms with van der Waals surface area (Å²) in [5.74, 6) is -0.235. The second kappa shape index (κ2) is 10.3. The lowest BCUT2D eigenvalue weighted by atomic mass is 10.1. The molecule has 9 nitrogen and oxygen atoms in total. The van der Waals surface area contributed by atoms with Gasteiger partial charge in [0.05, 0.1) is 18.0 Å². The molecular formula is C26H33N5O4. The van der Waals surface area contributed by atoms with Crippen LogP contribution in [0.5, 0.6) is 0 Å². The van der Waals surface area contributed by atoms with E-state index in [1.54, 1.807) is 22.6 Å². The minimum absolute atomic E-state index is 0.0574. The largest absolute Gasteiger partial charge is 0.450 e. The summed E-state index contributed by atoms with van der Waals surface area (Å²) in [4.78, 5) is 39.8. The van der Waals surface area contributed by atoms with Gasteiger partial charge in [-0.1, -0.05) is 24.6 Å². The molecule has 1 N–H and O–H groups in total. The molecule has 1 aromatic carbocycles. The predicted molar refractivity (Wildman–Crippen MR) is 134 cm³/mol. The topological polar surface area (TPSA) is 98.5 Å². The third-order valence-electron chi connectivity index (χ3n) is 6.52. The second-order valence-corrected chi connectivity index (χ2v) is 9.01. The van der Waals surface area contributed by atoms with Gasteiger partial charge in [0.25, 0.3) is 5.56 Å². The molecule has 9 heteroatoms. The van der Waals surface area contributed by atoms with Crippen molar-refractivity contribution in [2.45, 2.75) is 59.5 Å². The Morgan fingerprint density at radius 3 is 2.43 bits per heavy atom. The van der Waals surface area contributed by atoms with Crippen LogP contribution in [-0.4, -0.2) is 57.0 Å². The Labute approximate surface area is 204 Å². The van der Waals surface area contributed by atoms with E-state index in [0.717, 1.165) is 27.9 Å². The molecule has 1 saturated heterocycles. The van der Waals surface area contributed by atoms with Gasteiger partial charge >= 0.3 is 6.09 Å². The number of fused-ring (bicyclic) bond motifs is 1. The Morgan fingerprint density at radius 1 is 1.11 bits per heavy atom. The molecule has 2 aromatic heterocycles. The van der Waals surface area contributed by atoms with E-state index >= 15 is 0 Å². The monoisotopic (exact) mass is 479 g/mol. The summed E-state index contributed by atoms with van der Waals surface area (Å²) in [6.07, 6.45) is 1.66. The van der Waals surface area contributed by atoms with E-state index in [1.807, 2.05) is 45.0 Å². The maximum absolute atomic E-state index is 13.2. The van der Waals surface area contributed by atoms with Gasteiger partial charge < -0.3 is 15.0 Å². The van der Waals surface area contributed by atoms with Gasteiger partial charge in [0.2, 0.25) is 5.91 Å². The summed E-state index contributed by atoms with van der Waals surface area (Å²) in [6.45, 7) is 9.03. The number of carbonyl (C=O) groups excluding carboxylic acids is 2. The molecule has 4 rings (SSSR count). The Kier molecular flexibility index (Phi) is 7.23. The SMILES string of the molecule is CCOC(=O)N1CCC(NC(=O)Cn2c(=O)cc(CC)c3c(C)nn(-c4ccc(C)cc4)c32)CC1. The van der Waals surface area contributed by atoms with Crippen molar-refractivity contribution >= 4 is 23.0 Å². The van der Waals surface area contributed by atoms with Gasteiger partial charge in [-0.3, -0.25) is 14.2 Å². The molecular weight excluding hydrogens is 446 g/mol. The molecule has 0 aliphatic carbocycles. The lowest BCUT2D eigenvalue weighted by Crippen LogP contribution is -2.47. The third kappa shape index (κ3) is 5.08. The normalized spacial score (nSPS) is 14.3. The minimum atomic E-state index is -0.318. The first-order chi connectivity index (χ1) is 16.8. The van der Waals surface area contributed by atoms with Crippen molar-refractivity contribution < 1.29 is 14.3 Å². The van der Waals surface area contributed by atoms with E-state index in [1.165, 1.54) is 4.57 Å². The molecule has 3 heterocycles. The number of hydrogen-bond acceptors (Lipinski definition) is 5. The molecule has 3 aromatic rings. The summed E-state index contributed by atoms with van der Waals surface area (Å²) < 4.78 is 8.33. The van der Waals surface area contributed by atoms with Crippen LogP contribution in [0.25, 0.3) is 16.7 Å². The molecule has 0 bridgehead atoms. The number of amides is 2. The van der Waals surface area contributed by atoms with Crippen LogP contribution >= 0.6 is 0 Å². The average molecular weight is 480 g/mol. The van der Waals surface area contributed by atoms with Crippen molar-refractivity contribution in [3.05, 3.63) is 57.5 Å². The van der Waals surface area contributed by atoms with E-state index in [9.17, 15) is 14.4 Å². The fourth-order valence-corrected chi connectivity index (χ4v) is 4.68. The van der Waals surface area contributed by atoms with Crippen LogP contribution in [0.15, 0.2) is 35.1 Å². The molecule has 0 saturated carbocycles. The number of nitrogens with zero attached hydrogens (tertiary/aromatic N) is 4. The van der Waals surface area contributed by atoms with E-state index in [-0.39, 0.29) is 30.1 Å². The fourth-order valence-electron chi connectivity index (χ4n) is 4.68. The van der Waals surface area contributed by atoms with E-state index in [2.05, 4.69) is 5.32 Å². The van der Waals surface area contributed by atoms with Gasteiger partial charge in [0.15, 0.2) is 0 Å². The standard InChI is InChI=1S/C26H33N5O4/c1-5-19-15-23(33)30(16-22(32)27-20-11-13-29(14-12-20)26(34)35-6-2)25-24(19)18(4)28-31(25)21-9-7-17(3)8-10-21/h7-10,15,20H,5-6,11-14,16H2,1-4H3,(H,27,32). The van der Waals surface area contributed by atoms with Gasteiger partial charge in [0, 0.05) is 30.6 Å². The van der Waals surface area contributed by atoms with E-state index < -0.39 is 0 Å². The Hall–Kier alpha value is -3.62. The summed E-state index contributed by atoms with van der Waals surface area (Å²) in [6, 6.07) is 9.48. The second-order valence-electron chi connectivity index (χ2n) is 9.01. The highest BCUT2D eigenvalue weighted by atomic mass is 16.6. The molecule has 1 fully saturated rings. The molecule has 0 unspecified atom stereocenters. The predicted octanol–water partition coefficient (Wildman–Crippen LogP) is 3.10. The number of piperidine rings is 1. The Morgan fingerprint density at radius 2 is 1.80 bits per heavy atom. The highest BCUT2D eigenvalue weighted by Crippen LogP contribution is 2.25. The van der Waals surface area contributed by atoms with Crippen LogP contribution in [0.1, 0.15) is 43.5 Å². The zero-order valence-electron chi connectivity index (χ0n) is 20.8. The summed E-state index contributed by atoms with van der Waals surface area (Å²) in [7, 11) is 0. The van der Waals surface area contributed by atoms with Gasteiger partial charge in [-0.25, -0.2) is 9.48 Å². The number of carbonyl (C=O) groups is 2. The van der Waals surface area contributed by atoms with Gasteiger partial charge in [-0.2, -0.15) is 5.10 Å². The number of ether oxygens (including phenoxy) is 1. The lowest BCUT2D eigenvalue weighted by Gasteiger charge is -2.31. The van der Waals surface area contributed by atoms with Crippen LogP contribution in [0.3, 0.4) is 0 Å². The smallest absolute Gasteiger partial charge is 0.409 e. The maximum atomic E-state index is 13.2. The number of nitrogens with one attached hydrogen (secondary N) is 1. The Balaban J connectivity index is 1.60. The molecule has 0 spiro atoms. The van der Waals surface area contributed by atoms with Crippen molar-refractivity contribution in [1.82, 2.24) is 24.6 Å². The maximum Gasteiger partial charge on any atom is 0.409 e. The number of likely N-dealkylation sites (tertiary alicyclic amines) is 1.